The maximum atomic E-state index is 12.7. The van der Waals surface area contributed by atoms with Gasteiger partial charge in [0.25, 0.3) is 5.69 Å². The minimum Gasteiger partial charge on any atom is -0.469 e. The van der Waals surface area contributed by atoms with E-state index in [4.69, 9.17) is 4.74 Å². The molecule has 2 aromatic rings. The molecule has 9 nitrogen and oxygen atoms in total. The number of non-ortho nitro benzene ring substituents is 1. The van der Waals surface area contributed by atoms with Crippen LogP contribution < -0.4 is 0 Å². The van der Waals surface area contributed by atoms with Crippen LogP contribution in [0, 0.1) is 10.1 Å². The summed E-state index contributed by atoms with van der Waals surface area (Å²) in [6.45, 7) is 1.69. The summed E-state index contributed by atoms with van der Waals surface area (Å²) in [7, 11) is 2.66. The number of hydrogen-bond donors (Lipinski definition) is 0. The Kier molecular flexibility index (Phi) is 5.71. The van der Waals surface area contributed by atoms with E-state index < -0.39 is 22.6 Å². The number of para-hydroxylation sites is 1. The van der Waals surface area contributed by atoms with Crippen LogP contribution in [0.5, 0.6) is 0 Å². The fraction of sp³-hybridized carbons (Fsp3) is 0.353. The first-order valence-electron chi connectivity index (χ1n) is 7.86. The summed E-state index contributed by atoms with van der Waals surface area (Å²) in [5, 5.41) is 11.6. The molecule has 0 amide bonds. The molecule has 2 rings (SSSR count). The molecule has 0 fully saturated rings. The number of carbonyl (C=O) groups excluding carboxylic acids is 3. The molecule has 1 aromatic carbocycles. The van der Waals surface area contributed by atoms with Crippen LogP contribution in [0.25, 0.3) is 10.9 Å². The zero-order chi connectivity index (χ0) is 19.4. The largest absolute Gasteiger partial charge is 0.469 e. The lowest BCUT2D eigenvalue weighted by Gasteiger charge is -2.06. The van der Waals surface area contributed by atoms with Gasteiger partial charge in [-0.1, -0.05) is 12.1 Å². The summed E-state index contributed by atoms with van der Waals surface area (Å²) >= 11 is 0. The Morgan fingerprint density at radius 2 is 1.92 bits per heavy atom. The zero-order valence-corrected chi connectivity index (χ0v) is 14.6. The molecule has 9 heteroatoms. The molecule has 138 valence electrons. The molecule has 0 spiro atoms. The number of ketones is 1. The first kappa shape index (κ1) is 19.1. The third-order valence-electron chi connectivity index (χ3n) is 3.92. The molecule has 0 aliphatic carbocycles. The van der Waals surface area contributed by atoms with Crippen molar-refractivity contribution in [2.45, 2.75) is 19.8 Å². The van der Waals surface area contributed by atoms with Crippen molar-refractivity contribution in [2.24, 2.45) is 7.05 Å². The van der Waals surface area contributed by atoms with E-state index in [1.165, 1.54) is 36.9 Å². The molecule has 0 bridgehead atoms. The number of nitro groups is 1. The molecule has 0 saturated carbocycles. The lowest BCUT2D eigenvalue weighted by Crippen LogP contribution is -2.15. The van der Waals surface area contributed by atoms with E-state index in [0.29, 0.717) is 0 Å². The van der Waals surface area contributed by atoms with Gasteiger partial charge in [-0.15, -0.1) is 0 Å². The van der Waals surface area contributed by atoms with Gasteiger partial charge in [0, 0.05) is 24.9 Å². The number of nitrogens with zero attached hydrogens (tertiary/aromatic N) is 2. The van der Waals surface area contributed by atoms with Crippen molar-refractivity contribution in [1.82, 2.24) is 4.57 Å². The highest BCUT2D eigenvalue weighted by molar-refractivity contribution is 6.17. The predicted octanol–water partition coefficient (Wildman–Crippen LogP) is 2.40. The number of ether oxygens (including phenoxy) is 2. The highest BCUT2D eigenvalue weighted by atomic mass is 16.6. The first-order chi connectivity index (χ1) is 12.3. The predicted molar refractivity (Wildman–Crippen MR) is 91.1 cm³/mol. The molecular formula is C17H18N2O7. The van der Waals surface area contributed by atoms with Gasteiger partial charge in [-0.3, -0.25) is 19.7 Å². The molecule has 1 heterocycles. The number of nitro benzene ring substituents is 1. The normalized spacial score (nSPS) is 10.6. The van der Waals surface area contributed by atoms with Crippen LogP contribution in [0.3, 0.4) is 0 Å². The zero-order valence-electron chi connectivity index (χ0n) is 14.6. The number of fused-ring (bicyclic) bond motifs is 1. The first-order valence-corrected chi connectivity index (χ1v) is 7.86. The van der Waals surface area contributed by atoms with Crippen molar-refractivity contribution < 1.29 is 28.8 Å². The van der Waals surface area contributed by atoms with Crippen LogP contribution in [0.4, 0.5) is 5.69 Å². The second-order valence-corrected chi connectivity index (χ2v) is 5.43. The lowest BCUT2D eigenvalue weighted by atomic mass is 10.0. The number of aryl methyl sites for hydroxylation is 1. The molecule has 1 aromatic heterocycles. The van der Waals surface area contributed by atoms with Gasteiger partial charge in [0.15, 0.2) is 5.78 Å². The van der Waals surface area contributed by atoms with E-state index >= 15 is 0 Å². The van der Waals surface area contributed by atoms with Crippen LogP contribution in [0.2, 0.25) is 0 Å². The van der Waals surface area contributed by atoms with Gasteiger partial charge in [-0.05, 0) is 6.92 Å². The summed E-state index contributed by atoms with van der Waals surface area (Å²) in [5.74, 6) is -1.83. The standard InChI is InChI=1S/C17H18N2O7/c1-4-26-17(22)16-14(12(20)8-9-13(21)25-3)10-6-5-7-11(19(23)24)15(10)18(16)2/h5-7H,4,8-9H2,1-3H3. The summed E-state index contributed by atoms with van der Waals surface area (Å²) in [5.41, 5.74) is -0.163. The van der Waals surface area contributed by atoms with Crippen LogP contribution in [0.15, 0.2) is 18.2 Å². The molecule has 0 aliphatic heterocycles. The van der Waals surface area contributed by atoms with Gasteiger partial charge >= 0.3 is 11.9 Å². The van der Waals surface area contributed by atoms with Gasteiger partial charge < -0.3 is 14.0 Å². The lowest BCUT2D eigenvalue weighted by molar-refractivity contribution is -0.383. The van der Waals surface area contributed by atoms with Gasteiger partial charge in [0.1, 0.15) is 11.2 Å². The fourth-order valence-electron chi connectivity index (χ4n) is 2.80. The Morgan fingerprint density at radius 3 is 2.50 bits per heavy atom. The topological polar surface area (TPSA) is 118 Å². The van der Waals surface area contributed by atoms with Crippen LogP contribution in [0.1, 0.15) is 40.6 Å². The Morgan fingerprint density at radius 1 is 1.23 bits per heavy atom. The minimum absolute atomic E-state index is 0.00792. The molecule has 0 radical (unpaired) electrons. The number of esters is 2. The van der Waals surface area contributed by atoms with E-state index in [-0.39, 0.29) is 47.3 Å². The van der Waals surface area contributed by atoms with Crippen LogP contribution >= 0.6 is 0 Å². The van der Waals surface area contributed by atoms with Crippen LogP contribution in [-0.4, -0.2) is 40.9 Å². The molecule has 0 aliphatic rings. The number of hydrogen-bond acceptors (Lipinski definition) is 7. The summed E-state index contributed by atoms with van der Waals surface area (Å²) in [6, 6.07) is 4.25. The number of carbonyl (C=O) groups is 3. The number of aromatic nitrogens is 1. The third kappa shape index (κ3) is 3.41. The molecular weight excluding hydrogens is 344 g/mol. The van der Waals surface area contributed by atoms with E-state index in [1.807, 2.05) is 0 Å². The van der Waals surface area contributed by atoms with Crippen molar-refractivity contribution in [3.05, 3.63) is 39.6 Å². The molecule has 0 unspecified atom stereocenters. The SMILES string of the molecule is CCOC(=O)c1c(C(=O)CCC(=O)OC)c2cccc([N+](=O)[O-])c2n1C. The van der Waals surface area contributed by atoms with E-state index in [9.17, 15) is 24.5 Å². The highest BCUT2D eigenvalue weighted by Crippen LogP contribution is 2.33. The second-order valence-electron chi connectivity index (χ2n) is 5.43. The molecule has 0 saturated heterocycles. The van der Waals surface area contributed by atoms with E-state index in [1.54, 1.807) is 6.92 Å². The number of methoxy groups -OCH3 is 1. The molecule has 0 atom stereocenters. The van der Waals surface area contributed by atoms with E-state index in [0.717, 1.165) is 0 Å². The maximum Gasteiger partial charge on any atom is 0.355 e. The van der Waals surface area contributed by atoms with Crippen LogP contribution in [-0.2, 0) is 21.3 Å². The number of benzene rings is 1. The third-order valence-corrected chi connectivity index (χ3v) is 3.92. The maximum absolute atomic E-state index is 12.7. The molecule has 26 heavy (non-hydrogen) atoms. The second kappa shape index (κ2) is 7.77. The highest BCUT2D eigenvalue weighted by Gasteiger charge is 2.30. The summed E-state index contributed by atoms with van der Waals surface area (Å²) in [6.07, 6.45) is -0.357. The van der Waals surface area contributed by atoms with Crippen molar-refractivity contribution in [1.29, 1.82) is 0 Å². The summed E-state index contributed by atoms with van der Waals surface area (Å²) < 4.78 is 10.8. The Bertz CT molecular complexity index is 898. The van der Waals surface area contributed by atoms with Gasteiger partial charge in [0.2, 0.25) is 0 Å². The average Bonchev–Trinajstić information content (AvgIpc) is 2.92. The van der Waals surface area contributed by atoms with Crippen molar-refractivity contribution in [3.63, 3.8) is 0 Å². The minimum atomic E-state index is -0.762. The van der Waals surface area contributed by atoms with Gasteiger partial charge in [-0.2, -0.15) is 0 Å². The van der Waals surface area contributed by atoms with Crippen molar-refractivity contribution in [3.8, 4) is 0 Å². The van der Waals surface area contributed by atoms with Gasteiger partial charge in [-0.25, -0.2) is 4.79 Å². The van der Waals surface area contributed by atoms with Crippen molar-refractivity contribution >= 4 is 34.3 Å². The average molecular weight is 362 g/mol. The number of rotatable bonds is 7. The summed E-state index contributed by atoms with van der Waals surface area (Å²) in [4.78, 5) is 47.2. The fourth-order valence-corrected chi connectivity index (χ4v) is 2.80. The molecule has 0 N–H and O–H groups in total. The Hall–Kier alpha value is -3.23. The monoisotopic (exact) mass is 362 g/mol. The number of Topliss-reactive ketones (excluding diaryl/α,β-unsaturated/α-hetero) is 1. The Labute approximate surface area is 148 Å². The smallest absolute Gasteiger partial charge is 0.355 e. The van der Waals surface area contributed by atoms with E-state index in [2.05, 4.69) is 4.74 Å². The Balaban J connectivity index is 2.69. The van der Waals surface area contributed by atoms with Crippen molar-refractivity contribution in [2.75, 3.05) is 13.7 Å². The quantitative estimate of drug-likeness (QED) is 0.321. The van der Waals surface area contributed by atoms with Gasteiger partial charge in [0.05, 0.1) is 30.6 Å².